The third-order valence-electron chi connectivity index (χ3n) is 7.13. The highest BCUT2D eigenvalue weighted by atomic mass is 32.1. The summed E-state index contributed by atoms with van der Waals surface area (Å²) in [5.41, 5.74) is 4.14. The summed E-state index contributed by atoms with van der Waals surface area (Å²) in [5.74, 6) is 1.93. The Labute approximate surface area is 222 Å². The zero-order chi connectivity index (χ0) is 25.1. The van der Waals surface area contributed by atoms with E-state index in [1.54, 1.807) is 11.3 Å². The molecule has 0 N–H and O–H groups in total. The minimum atomic E-state index is 0.619. The third kappa shape index (κ3) is 3.12. The highest BCUT2D eigenvalue weighted by molar-refractivity contribution is 7.18. The van der Waals surface area contributed by atoms with Crippen molar-refractivity contribution in [1.29, 1.82) is 0 Å². The quantitative estimate of drug-likeness (QED) is 0.242. The van der Waals surface area contributed by atoms with Crippen LogP contribution >= 0.6 is 11.3 Å². The predicted octanol–water partition coefficient (Wildman–Crippen LogP) is 8.67. The zero-order valence-electron chi connectivity index (χ0n) is 20.2. The number of nitrogens with zero attached hydrogens (tertiary/aromatic N) is 4. The van der Waals surface area contributed by atoms with Gasteiger partial charge in [0.05, 0.1) is 15.7 Å². The Kier molecular flexibility index (Phi) is 4.66. The Bertz CT molecular complexity index is 2070. The molecule has 0 fully saturated rings. The Morgan fingerprint density at radius 2 is 1.08 bits per heavy atom. The van der Waals surface area contributed by atoms with Crippen molar-refractivity contribution in [2.45, 2.75) is 0 Å². The van der Waals surface area contributed by atoms with Crippen LogP contribution in [0.25, 0.3) is 71.4 Å². The molecule has 0 radical (unpaired) electrons. The molecule has 0 atom stereocenters. The number of fused-ring (bicyclic) bond motifs is 8. The van der Waals surface area contributed by atoms with Gasteiger partial charge in [0.25, 0.3) is 0 Å². The van der Waals surface area contributed by atoms with Crippen LogP contribution in [0, 0.1) is 0 Å². The van der Waals surface area contributed by atoms with Crippen molar-refractivity contribution in [3.05, 3.63) is 121 Å². The first-order chi connectivity index (χ1) is 18.9. The Morgan fingerprint density at radius 1 is 0.500 bits per heavy atom. The second kappa shape index (κ2) is 8.33. The molecule has 0 saturated carbocycles. The second-order valence-corrected chi connectivity index (χ2v) is 10.2. The van der Waals surface area contributed by atoms with Gasteiger partial charge in [0.15, 0.2) is 11.6 Å². The summed E-state index contributed by atoms with van der Waals surface area (Å²) in [6.07, 6.45) is 0. The van der Waals surface area contributed by atoms with Gasteiger partial charge in [0.1, 0.15) is 0 Å². The molecule has 0 saturated heterocycles. The molecule has 0 aliphatic heterocycles. The molecule has 3 aromatic heterocycles. The summed E-state index contributed by atoms with van der Waals surface area (Å²) in [6.45, 7) is 0. The molecule has 0 amide bonds. The van der Waals surface area contributed by atoms with E-state index in [1.807, 2.05) is 60.7 Å². The number of hydrogen-bond donors (Lipinski definition) is 0. The Morgan fingerprint density at radius 3 is 1.76 bits per heavy atom. The molecule has 5 heteroatoms. The van der Waals surface area contributed by atoms with E-state index in [1.165, 1.54) is 31.6 Å². The number of rotatable bonds is 3. The van der Waals surface area contributed by atoms with E-state index in [4.69, 9.17) is 15.0 Å². The summed E-state index contributed by atoms with van der Waals surface area (Å²) in [6, 6.07) is 39.7. The molecule has 4 nitrogen and oxygen atoms in total. The normalized spacial score (nSPS) is 11.7. The highest BCUT2D eigenvalue weighted by Gasteiger charge is 2.22. The molecule has 178 valence electrons. The number of para-hydroxylation sites is 1. The van der Waals surface area contributed by atoms with Crippen molar-refractivity contribution in [3.63, 3.8) is 0 Å². The second-order valence-electron chi connectivity index (χ2n) is 9.30. The van der Waals surface area contributed by atoms with E-state index >= 15 is 0 Å². The van der Waals surface area contributed by atoms with Gasteiger partial charge in [-0.3, -0.25) is 4.57 Å². The molecular formula is C33H20N4S. The SMILES string of the molecule is c1ccc(-c2nc(-c3ccccc3)nc(-n3c4ccccc4c4c5ccccc5c5ccsc5c43)n2)cc1. The molecule has 0 aliphatic rings. The highest BCUT2D eigenvalue weighted by Crippen LogP contribution is 2.43. The van der Waals surface area contributed by atoms with Gasteiger partial charge in [-0.2, -0.15) is 9.97 Å². The predicted molar refractivity (Wildman–Crippen MR) is 158 cm³/mol. The van der Waals surface area contributed by atoms with Gasteiger partial charge in [-0.1, -0.05) is 103 Å². The number of thiophene rings is 1. The zero-order valence-corrected chi connectivity index (χ0v) is 21.1. The van der Waals surface area contributed by atoms with Gasteiger partial charge in [0.2, 0.25) is 5.95 Å². The maximum atomic E-state index is 5.09. The summed E-state index contributed by atoms with van der Waals surface area (Å²) in [4.78, 5) is 15.1. The van der Waals surface area contributed by atoms with E-state index in [2.05, 4.69) is 64.5 Å². The number of hydrogen-bond acceptors (Lipinski definition) is 4. The van der Waals surface area contributed by atoms with Gasteiger partial charge in [-0.25, -0.2) is 4.98 Å². The topological polar surface area (TPSA) is 43.6 Å². The van der Waals surface area contributed by atoms with Gasteiger partial charge in [0, 0.05) is 27.3 Å². The lowest BCUT2D eigenvalue weighted by Crippen LogP contribution is -2.06. The molecule has 3 heterocycles. The van der Waals surface area contributed by atoms with Crippen LogP contribution in [0.15, 0.2) is 121 Å². The fraction of sp³-hybridized carbons (Fsp3) is 0. The maximum absolute atomic E-state index is 5.09. The standard InChI is InChI=1S/C33H20N4S/c1-3-11-21(12-4-1)31-34-32(22-13-5-2-6-14-22)36-33(35-31)37-27-18-10-9-17-26(27)28-24-16-8-7-15-23(24)25-19-20-38-30(25)29(28)37/h1-20H. The van der Waals surface area contributed by atoms with Crippen LogP contribution in [-0.4, -0.2) is 19.5 Å². The summed E-state index contributed by atoms with van der Waals surface area (Å²) in [5, 5.41) is 8.36. The molecule has 8 rings (SSSR count). The van der Waals surface area contributed by atoms with Crippen LogP contribution in [0.5, 0.6) is 0 Å². The molecule has 0 unspecified atom stereocenters. The number of aromatic nitrogens is 4. The summed E-state index contributed by atoms with van der Waals surface area (Å²) >= 11 is 1.76. The molecule has 0 bridgehead atoms. The first kappa shape index (κ1) is 21.2. The van der Waals surface area contributed by atoms with Crippen molar-refractivity contribution in [3.8, 4) is 28.7 Å². The van der Waals surface area contributed by atoms with E-state index < -0.39 is 0 Å². The third-order valence-corrected chi connectivity index (χ3v) is 8.05. The number of benzene rings is 5. The fourth-order valence-corrected chi connectivity index (χ4v) is 6.42. The first-order valence-electron chi connectivity index (χ1n) is 12.6. The fourth-order valence-electron chi connectivity index (χ4n) is 5.47. The molecule has 38 heavy (non-hydrogen) atoms. The average molecular weight is 505 g/mol. The summed E-state index contributed by atoms with van der Waals surface area (Å²) < 4.78 is 3.47. The minimum Gasteiger partial charge on any atom is -0.276 e. The molecule has 0 spiro atoms. The molecular weight excluding hydrogens is 484 g/mol. The first-order valence-corrected chi connectivity index (χ1v) is 13.4. The van der Waals surface area contributed by atoms with E-state index in [0.717, 1.165) is 22.2 Å². The molecule has 0 aliphatic carbocycles. The average Bonchev–Trinajstić information content (AvgIpc) is 3.62. The van der Waals surface area contributed by atoms with E-state index in [9.17, 15) is 0 Å². The van der Waals surface area contributed by atoms with Crippen LogP contribution in [0.2, 0.25) is 0 Å². The lowest BCUT2D eigenvalue weighted by Gasteiger charge is -2.11. The van der Waals surface area contributed by atoms with Crippen LogP contribution < -0.4 is 0 Å². The van der Waals surface area contributed by atoms with Crippen LogP contribution in [0.1, 0.15) is 0 Å². The van der Waals surface area contributed by atoms with Gasteiger partial charge < -0.3 is 0 Å². The van der Waals surface area contributed by atoms with Crippen molar-refractivity contribution < 1.29 is 0 Å². The van der Waals surface area contributed by atoms with Crippen molar-refractivity contribution in [2.75, 3.05) is 0 Å². The lowest BCUT2D eigenvalue weighted by atomic mass is 10.0. The van der Waals surface area contributed by atoms with Crippen molar-refractivity contribution in [2.24, 2.45) is 0 Å². The van der Waals surface area contributed by atoms with Crippen molar-refractivity contribution in [1.82, 2.24) is 19.5 Å². The smallest absolute Gasteiger partial charge is 0.238 e. The summed E-state index contributed by atoms with van der Waals surface area (Å²) in [7, 11) is 0. The van der Waals surface area contributed by atoms with Gasteiger partial charge >= 0.3 is 0 Å². The lowest BCUT2D eigenvalue weighted by molar-refractivity contribution is 0.955. The van der Waals surface area contributed by atoms with Crippen LogP contribution in [0.3, 0.4) is 0 Å². The van der Waals surface area contributed by atoms with Gasteiger partial charge in [-0.15, -0.1) is 11.3 Å². The maximum Gasteiger partial charge on any atom is 0.238 e. The monoisotopic (exact) mass is 504 g/mol. The van der Waals surface area contributed by atoms with Crippen LogP contribution in [-0.2, 0) is 0 Å². The minimum absolute atomic E-state index is 0.619. The van der Waals surface area contributed by atoms with E-state index in [0.29, 0.717) is 17.6 Å². The van der Waals surface area contributed by atoms with Gasteiger partial charge in [-0.05, 0) is 28.3 Å². The van der Waals surface area contributed by atoms with Crippen LogP contribution in [0.4, 0.5) is 0 Å². The Hall–Kier alpha value is -4.87. The molecule has 8 aromatic rings. The van der Waals surface area contributed by atoms with E-state index in [-0.39, 0.29) is 0 Å². The largest absolute Gasteiger partial charge is 0.276 e. The Balaban J connectivity index is 1.56. The van der Waals surface area contributed by atoms with Crippen molar-refractivity contribution >= 4 is 54.0 Å². The molecule has 5 aromatic carbocycles.